The highest BCUT2D eigenvalue weighted by Gasteiger charge is 2.45. The normalized spacial score (nSPS) is 27.0. The predicted octanol–water partition coefficient (Wildman–Crippen LogP) is 0.606. The third kappa shape index (κ3) is 11.9. The summed E-state index contributed by atoms with van der Waals surface area (Å²) in [5.74, 6) is -7.75. The lowest BCUT2D eigenvalue weighted by molar-refractivity contribution is -0.161. The number of ether oxygens (including phenoxy) is 1. The number of hydrogen-bond acceptors (Lipinski definition) is 12. The van der Waals surface area contributed by atoms with Gasteiger partial charge in [-0.25, -0.2) is 9.78 Å². The number of aromatic hydroxyl groups is 1. The van der Waals surface area contributed by atoms with Crippen LogP contribution >= 0.6 is 0 Å². The molecule has 9 atom stereocenters. The lowest BCUT2D eigenvalue weighted by atomic mass is 9.88. The molecular formula is C44H62N8O11. The summed E-state index contributed by atoms with van der Waals surface area (Å²) in [5.41, 5.74) is -0.145. The Morgan fingerprint density at radius 1 is 0.873 bits per heavy atom. The highest BCUT2D eigenvalue weighted by Crippen LogP contribution is 2.26. The van der Waals surface area contributed by atoms with Crippen molar-refractivity contribution in [1.29, 1.82) is 0 Å². The van der Waals surface area contributed by atoms with Gasteiger partial charge in [0.2, 0.25) is 35.4 Å². The number of aromatic nitrogens is 1. The number of hydrogen-bond donors (Lipinski definition) is 5. The summed E-state index contributed by atoms with van der Waals surface area (Å²) in [6.45, 7) is 11.1. The summed E-state index contributed by atoms with van der Waals surface area (Å²) in [5, 5.41) is 29.1. The summed E-state index contributed by atoms with van der Waals surface area (Å²) in [6.07, 6.45) is -1.52. The molecule has 344 valence electrons. The van der Waals surface area contributed by atoms with E-state index in [0.29, 0.717) is 5.56 Å². The summed E-state index contributed by atoms with van der Waals surface area (Å²) in [6, 6.07) is 2.60. The minimum Gasteiger partial charge on any atom is -0.505 e. The van der Waals surface area contributed by atoms with Gasteiger partial charge in [0, 0.05) is 40.3 Å². The zero-order valence-corrected chi connectivity index (χ0v) is 37.6. The summed E-state index contributed by atoms with van der Waals surface area (Å²) < 4.78 is 5.91. The molecule has 1 aromatic heterocycles. The maximum absolute atomic E-state index is 14.5. The molecule has 2 saturated heterocycles. The molecule has 1 aromatic carbocycles. The molecule has 19 nitrogen and oxygen atoms in total. The smallest absolute Gasteiger partial charge is 0.333 e. The number of nitrogens with zero attached hydrogens (tertiary/aromatic N) is 5. The lowest BCUT2D eigenvalue weighted by Gasteiger charge is -2.37. The number of rotatable bonds is 7. The van der Waals surface area contributed by atoms with Gasteiger partial charge in [0.05, 0.1) is 12.6 Å². The van der Waals surface area contributed by atoms with Gasteiger partial charge in [0.25, 0.3) is 5.91 Å². The van der Waals surface area contributed by atoms with Crippen molar-refractivity contribution < 1.29 is 53.3 Å². The summed E-state index contributed by atoms with van der Waals surface area (Å²) >= 11 is 0. The van der Waals surface area contributed by atoms with Crippen molar-refractivity contribution in [2.75, 3.05) is 34.2 Å². The second-order valence-electron chi connectivity index (χ2n) is 17.3. The number of amides is 7. The van der Waals surface area contributed by atoms with Gasteiger partial charge in [-0.3, -0.25) is 33.6 Å². The molecule has 0 radical (unpaired) electrons. The van der Waals surface area contributed by atoms with Crippen LogP contribution in [0.5, 0.6) is 5.75 Å². The van der Waals surface area contributed by atoms with E-state index in [2.05, 4.69) is 20.9 Å². The Morgan fingerprint density at radius 3 is 2.13 bits per heavy atom. The quantitative estimate of drug-likeness (QED) is 0.240. The molecule has 2 aromatic rings. The van der Waals surface area contributed by atoms with Crippen molar-refractivity contribution in [1.82, 2.24) is 40.5 Å². The van der Waals surface area contributed by atoms with E-state index in [1.165, 1.54) is 58.2 Å². The molecule has 2 aliphatic rings. The van der Waals surface area contributed by atoms with Gasteiger partial charge in [-0.15, -0.1) is 0 Å². The zero-order chi connectivity index (χ0) is 47.0. The van der Waals surface area contributed by atoms with Crippen LogP contribution in [0, 0.1) is 17.8 Å². The van der Waals surface area contributed by atoms with E-state index < -0.39 is 120 Å². The van der Waals surface area contributed by atoms with Crippen LogP contribution < -0.4 is 16.0 Å². The third-order valence-corrected chi connectivity index (χ3v) is 11.7. The van der Waals surface area contributed by atoms with Crippen molar-refractivity contribution in [3.8, 4) is 5.75 Å². The molecule has 4 rings (SSSR count). The fraction of sp³-hybridized carbons (Fsp3) is 0.568. The first-order valence-corrected chi connectivity index (χ1v) is 21.1. The van der Waals surface area contributed by atoms with Crippen molar-refractivity contribution in [3.05, 3.63) is 59.9 Å². The second-order valence-corrected chi connectivity index (χ2v) is 17.3. The Balaban J connectivity index is 1.86. The third-order valence-electron chi connectivity index (χ3n) is 11.7. The van der Waals surface area contributed by atoms with E-state index in [4.69, 9.17) is 4.74 Å². The van der Waals surface area contributed by atoms with Crippen LogP contribution in [0.3, 0.4) is 0 Å². The summed E-state index contributed by atoms with van der Waals surface area (Å²) in [7, 11) is 4.13. The molecule has 0 bridgehead atoms. The van der Waals surface area contributed by atoms with E-state index in [-0.39, 0.29) is 31.2 Å². The lowest BCUT2D eigenvalue weighted by Crippen LogP contribution is -2.60. The van der Waals surface area contributed by atoms with Gasteiger partial charge in [0.1, 0.15) is 42.1 Å². The Bertz CT molecular complexity index is 2020. The Hall–Kier alpha value is -6.11. The molecule has 0 aliphatic carbocycles. The molecule has 5 N–H and O–H groups in total. The van der Waals surface area contributed by atoms with Crippen LogP contribution in [0.2, 0.25) is 0 Å². The number of carbonyl (C=O) groups excluding carboxylic acids is 8. The predicted molar refractivity (Wildman–Crippen MR) is 228 cm³/mol. The van der Waals surface area contributed by atoms with E-state index >= 15 is 0 Å². The number of esters is 1. The molecule has 0 spiro atoms. The van der Waals surface area contributed by atoms with Crippen LogP contribution in [0.25, 0.3) is 0 Å². The topological polar surface area (TPSA) is 248 Å². The number of fused-ring (bicyclic) bond motifs is 1. The molecule has 0 unspecified atom stereocenters. The maximum Gasteiger partial charge on any atom is 0.333 e. The number of nitrogens with one attached hydrogen (secondary N) is 3. The molecule has 7 amide bonds. The fourth-order valence-electron chi connectivity index (χ4n) is 7.82. The number of likely N-dealkylation sites (N-methyl/N-ethyl adjacent to an activating group) is 3. The molecule has 19 heteroatoms. The number of benzene rings is 1. The molecule has 2 fully saturated rings. The Kier molecular flexibility index (Phi) is 16.8. The first-order chi connectivity index (χ1) is 29.5. The first kappa shape index (κ1) is 49.5. The van der Waals surface area contributed by atoms with Gasteiger partial charge < -0.3 is 50.5 Å². The number of cyclic esters (lactones) is 1. The van der Waals surface area contributed by atoms with Crippen molar-refractivity contribution in [3.63, 3.8) is 0 Å². The first-order valence-electron chi connectivity index (χ1n) is 21.1. The van der Waals surface area contributed by atoms with Crippen molar-refractivity contribution in [2.24, 2.45) is 17.8 Å². The SMILES string of the molecule is CC(C)C[C@H]1NC(=O)[C@@H](NC(=O)c2ncccc2O)[C@H](C)OC(=O)[C@H](c2ccccc2)N(C)C(=O)[C@H](C)NC(=O)[C@H]([C@H](C)C(C)C)N(C)C(=O)CN(C)C(=O)[C@H]2C[C@@H](O)CN2C1=O. The van der Waals surface area contributed by atoms with Crippen LogP contribution in [0.15, 0.2) is 48.7 Å². The molecule has 63 heavy (non-hydrogen) atoms. The highest BCUT2D eigenvalue weighted by molar-refractivity contribution is 6.00. The standard InChI is InChI=1S/C44H62N8O11/c1-23(2)19-30-42(60)52-21-29(53)20-31(52)43(61)49(8)22-33(55)50(9)36(25(5)24(3)4)40(58)46-26(6)41(59)51(10)37(28-15-12-11-13-16-28)44(62)63-27(7)34(38(56)47-30)48-39(57)35-32(54)17-14-18-45-35/h11-18,23-27,29-31,34,36-37,53-54H,19-22H2,1-10H3,(H,46,58)(H,47,56)(H,48,57)/t25-,26+,27+,29-,30-,31-,34+,36+,37+/m1/s1. The van der Waals surface area contributed by atoms with Crippen molar-refractivity contribution in [2.45, 2.75) is 110 Å². The monoisotopic (exact) mass is 878 g/mol. The summed E-state index contributed by atoms with van der Waals surface area (Å²) in [4.78, 5) is 122. The number of pyridine rings is 1. The minimum absolute atomic E-state index is 0.0335. The second kappa shape index (κ2) is 21.3. The van der Waals surface area contributed by atoms with E-state index in [1.807, 2.05) is 13.8 Å². The van der Waals surface area contributed by atoms with Gasteiger partial charge >= 0.3 is 5.97 Å². The van der Waals surface area contributed by atoms with E-state index in [0.717, 1.165) is 14.7 Å². The molecular weight excluding hydrogens is 817 g/mol. The highest BCUT2D eigenvalue weighted by atomic mass is 16.5. The Labute approximate surface area is 367 Å². The van der Waals surface area contributed by atoms with E-state index in [1.54, 1.807) is 51.1 Å². The molecule has 0 saturated carbocycles. The van der Waals surface area contributed by atoms with Crippen LogP contribution in [0.4, 0.5) is 0 Å². The zero-order valence-electron chi connectivity index (χ0n) is 37.6. The van der Waals surface area contributed by atoms with Gasteiger partial charge in [-0.2, -0.15) is 0 Å². The molecule has 2 aliphatic heterocycles. The van der Waals surface area contributed by atoms with Crippen LogP contribution in [0.1, 0.15) is 83.4 Å². The molecule has 3 heterocycles. The van der Waals surface area contributed by atoms with Crippen molar-refractivity contribution >= 4 is 47.3 Å². The number of aliphatic hydroxyl groups excluding tert-OH is 1. The van der Waals surface area contributed by atoms with E-state index in [9.17, 15) is 48.6 Å². The van der Waals surface area contributed by atoms with Gasteiger partial charge in [0.15, 0.2) is 11.7 Å². The average Bonchev–Trinajstić information content (AvgIpc) is 3.62. The van der Waals surface area contributed by atoms with Crippen LogP contribution in [-0.2, 0) is 38.3 Å². The number of aliphatic hydroxyl groups is 1. The fourth-order valence-corrected chi connectivity index (χ4v) is 7.82. The van der Waals surface area contributed by atoms with Gasteiger partial charge in [-0.1, -0.05) is 65.0 Å². The minimum atomic E-state index is -1.74. The Morgan fingerprint density at radius 2 is 1.52 bits per heavy atom. The van der Waals surface area contributed by atoms with Crippen LogP contribution in [-0.4, -0.2) is 159 Å². The number of carbonyl (C=O) groups is 8. The largest absolute Gasteiger partial charge is 0.505 e. The van der Waals surface area contributed by atoms with Gasteiger partial charge in [-0.05, 0) is 55.7 Å². The average molecular weight is 879 g/mol. The maximum atomic E-state index is 14.5.